The normalized spacial score (nSPS) is 22.9. The van der Waals surface area contributed by atoms with Gasteiger partial charge in [-0.2, -0.15) is 8.78 Å². The second kappa shape index (κ2) is 11.5. The van der Waals surface area contributed by atoms with Crippen molar-refractivity contribution in [3.8, 4) is 22.8 Å². The van der Waals surface area contributed by atoms with Crippen molar-refractivity contribution < 1.29 is 37.4 Å². The van der Waals surface area contributed by atoms with Crippen molar-refractivity contribution in [1.29, 1.82) is 0 Å². The monoisotopic (exact) mass is 657 g/mol. The number of alkyl halides is 2. The van der Waals surface area contributed by atoms with Crippen LogP contribution in [0.1, 0.15) is 66.3 Å². The van der Waals surface area contributed by atoms with Gasteiger partial charge in [-0.3, -0.25) is 4.98 Å². The Morgan fingerprint density at radius 1 is 1.13 bits per heavy atom. The number of nitrogens with zero attached hydrogens (tertiary/aromatic N) is 3. The third-order valence-electron chi connectivity index (χ3n) is 8.90. The second-order valence-corrected chi connectivity index (χ2v) is 12.7. The highest BCUT2D eigenvalue weighted by Crippen LogP contribution is 2.51. The van der Waals surface area contributed by atoms with Crippen LogP contribution < -0.4 is 9.47 Å². The van der Waals surface area contributed by atoms with E-state index in [9.17, 15) is 18.7 Å². The molecule has 0 spiro atoms. The molecular weight excluding hydrogens is 631 g/mol. The van der Waals surface area contributed by atoms with E-state index in [1.165, 1.54) is 12.1 Å². The number of pyridine rings is 2. The Hall–Kier alpha value is -3.80. The average molecular weight is 658 g/mol. The predicted molar refractivity (Wildman–Crippen MR) is 161 cm³/mol. The Morgan fingerprint density at radius 2 is 1.89 bits per heavy atom. The van der Waals surface area contributed by atoms with E-state index < -0.39 is 23.9 Å². The third kappa shape index (κ3) is 5.84. The molecule has 0 unspecified atom stereocenters. The maximum Gasteiger partial charge on any atom is 0.387 e. The van der Waals surface area contributed by atoms with Crippen molar-refractivity contribution in [2.45, 2.75) is 56.7 Å². The van der Waals surface area contributed by atoms with Crippen molar-refractivity contribution >= 4 is 46.2 Å². The van der Waals surface area contributed by atoms with Gasteiger partial charge in [-0.25, -0.2) is 9.78 Å². The van der Waals surface area contributed by atoms with Gasteiger partial charge in [0.2, 0.25) is 0 Å². The summed E-state index contributed by atoms with van der Waals surface area (Å²) in [5.41, 5.74) is 1.23. The van der Waals surface area contributed by atoms with Crippen LogP contribution in [0.2, 0.25) is 10.0 Å². The molecular formula is C32H27Cl2F2N3O6. The molecule has 234 valence electrons. The van der Waals surface area contributed by atoms with Gasteiger partial charge in [-0.15, -0.1) is 0 Å². The van der Waals surface area contributed by atoms with Gasteiger partial charge >= 0.3 is 12.6 Å². The fourth-order valence-corrected chi connectivity index (χ4v) is 6.70. The SMILES string of the molecule is O=C(O)c1cc(OC(F)F)c2cc(OCC34CCC(C=Cc5c(-c6c(Cl)cncc6Cl)noc5C5CC5)(CC3)CO4)ccc2n1. The van der Waals surface area contributed by atoms with E-state index in [1.54, 1.807) is 18.5 Å². The van der Waals surface area contributed by atoms with Gasteiger partial charge in [0.05, 0.1) is 22.2 Å². The van der Waals surface area contributed by atoms with Crippen LogP contribution >= 0.6 is 23.2 Å². The number of benzene rings is 1. The quantitative estimate of drug-likeness (QED) is 0.180. The number of aromatic nitrogens is 3. The van der Waals surface area contributed by atoms with E-state index in [4.69, 9.17) is 37.2 Å². The predicted octanol–water partition coefficient (Wildman–Crippen LogP) is 8.19. The number of halogens is 4. The number of aromatic carboxylic acids is 1. The van der Waals surface area contributed by atoms with Crippen LogP contribution in [0.5, 0.6) is 11.5 Å². The maximum atomic E-state index is 13.1. The molecule has 2 aliphatic carbocycles. The van der Waals surface area contributed by atoms with Crippen molar-refractivity contribution in [1.82, 2.24) is 15.1 Å². The lowest BCUT2D eigenvalue weighted by molar-refractivity contribution is -0.181. The molecule has 4 fully saturated rings. The molecule has 13 heteroatoms. The van der Waals surface area contributed by atoms with E-state index in [0.29, 0.717) is 39.6 Å². The van der Waals surface area contributed by atoms with Crippen molar-refractivity contribution in [3.63, 3.8) is 0 Å². The first-order valence-electron chi connectivity index (χ1n) is 14.5. The zero-order chi connectivity index (χ0) is 31.3. The zero-order valence-electron chi connectivity index (χ0n) is 23.8. The van der Waals surface area contributed by atoms with E-state index in [-0.39, 0.29) is 28.7 Å². The smallest absolute Gasteiger partial charge is 0.387 e. The van der Waals surface area contributed by atoms with Gasteiger partial charge in [-0.05, 0) is 56.7 Å². The molecule has 3 aromatic heterocycles. The van der Waals surface area contributed by atoms with Crippen LogP contribution in [0, 0.1) is 5.41 Å². The Kier molecular flexibility index (Phi) is 7.66. The highest BCUT2D eigenvalue weighted by Gasteiger charge is 2.49. The van der Waals surface area contributed by atoms with Crippen molar-refractivity contribution in [2.75, 3.05) is 13.2 Å². The van der Waals surface area contributed by atoms with Crippen LogP contribution in [-0.4, -0.2) is 51.6 Å². The second-order valence-electron chi connectivity index (χ2n) is 11.9. The van der Waals surface area contributed by atoms with Crippen molar-refractivity contribution in [2.24, 2.45) is 5.41 Å². The summed E-state index contributed by atoms with van der Waals surface area (Å²) in [5, 5.41) is 14.7. The molecule has 1 N–H and O–H groups in total. The molecule has 45 heavy (non-hydrogen) atoms. The molecule has 2 bridgehead atoms. The van der Waals surface area contributed by atoms with Crippen LogP contribution in [-0.2, 0) is 4.74 Å². The molecule has 8 rings (SSSR count). The Labute approximate surface area is 266 Å². The Morgan fingerprint density at radius 3 is 2.53 bits per heavy atom. The summed E-state index contributed by atoms with van der Waals surface area (Å²) in [6, 6.07) is 5.65. The molecule has 0 amide bonds. The zero-order valence-corrected chi connectivity index (χ0v) is 25.3. The summed E-state index contributed by atoms with van der Waals surface area (Å²) < 4.78 is 49.1. The van der Waals surface area contributed by atoms with Gasteiger partial charge in [0.15, 0.2) is 5.69 Å². The van der Waals surface area contributed by atoms with Crippen LogP contribution in [0.15, 0.2) is 47.3 Å². The van der Waals surface area contributed by atoms with Gasteiger partial charge in [0.1, 0.15) is 35.2 Å². The van der Waals surface area contributed by atoms with E-state index in [0.717, 1.165) is 55.9 Å². The van der Waals surface area contributed by atoms with Crippen molar-refractivity contribution in [3.05, 3.63) is 69.8 Å². The summed E-state index contributed by atoms with van der Waals surface area (Å²) in [6.45, 7) is -2.35. The van der Waals surface area contributed by atoms with Gasteiger partial charge in [-0.1, -0.05) is 40.5 Å². The molecule has 1 aromatic carbocycles. The molecule has 0 radical (unpaired) electrons. The summed E-state index contributed by atoms with van der Waals surface area (Å²) in [4.78, 5) is 19.5. The first-order chi connectivity index (χ1) is 21.6. The molecule has 2 saturated carbocycles. The molecule has 4 aromatic rings. The number of ether oxygens (including phenoxy) is 3. The molecule has 5 heterocycles. The number of carboxylic acid groups (broad SMARTS) is 1. The van der Waals surface area contributed by atoms with Gasteiger partial charge < -0.3 is 23.8 Å². The van der Waals surface area contributed by atoms with E-state index >= 15 is 0 Å². The first kappa shape index (κ1) is 29.9. The first-order valence-corrected chi connectivity index (χ1v) is 15.3. The van der Waals surface area contributed by atoms with E-state index in [1.807, 2.05) is 0 Å². The third-order valence-corrected chi connectivity index (χ3v) is 9.47. The fourth-order valence-electron chi connectivity index (χ4n) is 6.16. The number of hydrogen-bond acceptors (Lipinski definition) is 8. The highest BCUT2D eigenvalue weighted by atomic mass is 35.5. The van der Waals surface area contributed by atoms with Gasteiger partial charge in [0, 0.05) is 46.3 Å². The lowest BCUT2D eigenvalue weighted by Crippen LogP contribution is -2.53. The minimum Gasteiger partial charge on any atom is -0.491 e. The molecule has 0 atom stereocenters. The molecule has 2 saturated heterocycles. The summed E-state index contributed by atoms with van der Waals surface area (Å²) in [7, 11) is 0. The summed E-state index contributed by atoms with van der Waals surface area (Å²) in [6.07, 6.45) is 12.7. The molecule has 4 aliphatic rings. The standard InChI is InChI=1S/C32H27Cl2F2N3O6/c33-21-13-37-14-22(34)26(21)27-19(28(45-39-27)17-1-2-17)5-6-31-7-9-32(10-8-31,43-15-31)16-42-18-3-4-23-20(11-18)25(44-30(35)36)12-24(38-23)29(40)41/h3-6,11-14,17,30H,1-2,7-10,15-16H2,(H,40,41). The minimum absolute atomic E-state index is 0.166. The lowest BCUT2D eigenvalue weighted by Gasteiger charge is -2.51. The molecule has 9 nitrogen and oxygen atoms in total. The van der Waals surface area contributed by atoms with Crippen LogP contribution in [0.3, 0.4) is 0 Å². The topological polar surface area (TPSA) is 117 Å². The summed E-state index contributed by atoms with van der Waals surface area (Å²) >= 11 is 12.9. The molecule has 2 aliphatic heterocycles. The van der Waals surface area contributed by atoms with E-state index in [2.05, 4.69) is 32.0 Å². The number of hydrogen-bond donors (Lipinski definition) is 1. The number of fused-ring (bicyclic) bond motifs is 4. The lowest BCUT2D eigenvalue weighted by atomic mass is 9.66. The fraction of sp³-hybridized carbons (Fsp3) is 0.375. The van der Waals surface area contributed by atoms with Gasteiger partial charge in [0.25, 0.3) is 0 Å². The highest BCUT2D eigenvalue weighted by molar-refractivity contribution is 6.39. The summed E-state index contributed by atoms with van der Waals surface area (Å²) in [5.74, 6) is -0.0597. The number of rotatable bonds is 10. The van der Waals surface area contributed by atoms with Crippen LogP contribution in [0.4, 0.5) is 8.78 Å². The number of carbonyl (C=O) groups is 1. The number of carboxylic acids is 1. The minimum atomic E-state index is -3.13. The Bertz CT molecular complexity index is 1780. The van der Waals surface area contributed by atoms with Crippen LogP contribution in [0.25, 0.3) is 28.2 Å². The maximum absolute atomic E-state index is 13.1. The average Bonchev–Trinajstić information content (AvgIpc) is 3.79. The largest absolute Gasteiger partial charge is 0.491 e. The Balaban J connectivity index is 1.07.